The van der Waals surface area contributed by atoms with E-state index in [1.54, 1.807) is 0 Å². The van der Waals surface area contributed by atoms with Gasteiger partial charge in [0.15, 0.2) is 0 Å². The molecule has 0 spiro atoms. The molecule has 3 heteroatoms. The van der Waals surface area contributed by atoms with E-state index in [1.807, 2.05) is 0 Å². The minimum atomic E-state index is -0.0525. The lowest BCUT2D eigenvalue weighted by Crippen LogP contribution is -2.25. The lowest BCUT2D eigenvalue weighted by atomic mass is 9.89. The van der Waals surface area contributed by atoms with Crippen LogP contribution in [-0.2, 0) is 4.79 Å². The van der Waals surface area contributed by atoms with Crippen molar-refractivity contribution in [1.29, 1.82) is 0 Å². The number of thiol groups is 1. The van der Waals surface area contributed by atoms with E-state index in [9.17, 15) is 4.79 Å². The second-order valence-electron chi connectivity index (χ2n) is 8.38. The highest BCUT2D eigenvalue weighted by molar-refractivity contribution is 8.17. The molecule has 3 aliphatic rings. The summed E-state index contributed by atoms with van der Waals surface area (Å²) in [6.07, 6.45) is 8.93. The van der Waals surface area contributed by atoms with Gasteiger partial charge in [0.05, 0.1) is 5.92 Å². The van der Waals surface area contributed by atoms with Crippen LogP contribution in [0.5, 0.6) is 5.75 Å². The number of esters is 1. The quantitative estimate of drug-likeness (QED) is 0.426. The summed E-state index contributed by atoms with van der Waals surface area (Å²) >= 11 is 0. The van der Waals surface area contributed by atoms with Crippen LogP contribution in [-0.4, -0.2) is 17.5 Å². The molecule has 2 aromatic carbocycles. The maximum Gasteiger partial charge on any atom is 0.314 e. The van der Waals surface area contributed by atoms with Gasteiger partial charge in [0.2, 0.25) is 0 Å². The fourth-order valence-corrected chi connectivity index (χ4v) is 8.21. The van der Waals surface area contributed by atoms with E-state index in [4.69, 9.17) is 4.74 Å². The summed E-state index contributed by atoms with van der Waals surface area (Å²) in [5.41, 5.74) is 0. The maximum atomic E-state index is 12.8. The van der Waals surface area contributed by atoms with E-state index in [1.165, 1.54) is 60.3 Å². The van der Waals surface area contributed by atoms with Crippen molar-refractivity contribution in [3.8, 4) is 5.75 Å². The van der Waals surface area contributed by atoms with E-state index in [0.29, 0.717) is 5.92 Å². The topological polar surface area (TPSA) is 26.3 Å². The minimum Gasteiger partial charge on any atom is -0.426 e. The molecule has 1 heterocycles. The van der Waals surface area contributed by atoms with Gasteiger partial charge < -0.3 is 4.74 Å². The Morgan fingerprint density at radius 2 is 1.73 bits per heavy atom. The smallest absolute Gasteiger partial charge is 0.314 e. The predicted molar refractivity (Wildman–Crippen MR) is 109 cm³/mol. The average molecular weight is 369 g/mol. The zero-order valence-electron chi connectivity index (χ0n) is 15.3. The molecule has 138 valence electrons. The third-order valence-corrected chi connectivity index (χ3v) is 9.59. The molecule has 2 nitrogen and oxygen atoms in total. The molecule has 0 aromatic heterocycles. The average Bonchev–Trinajstić information content (AvgIpc) is 3.32. The molecule has 3 atom stereocenters. The molecule has 3 unspecified atom stereocenters. The Hall–Kier alpha value is -1.48. The molecular formula is C23H28O2S. The molecule has 2 saturated carbocycles. The normalized spacial score (nSPS) is 29.2. The van der Waals surface area contributed by atoms with Gasteiger partial charge in [-0.15, -0.1) is 0 Å². The summed E-state index contributed by atoms with van der Waals surface area (Å²) in [7, 11) is -0.0525. The van der Waals surface area contributed by atoms with Gasteiger partial charge >= 0.3 is 5.97 Å². The summed E-state index contributed by atoms with van der Waals surface area (Å²) < 4.78 is 5.97. The molecule has 1 saturated heterocycles. The van der Waals surface area contributed by atoms with Crippen molar-refractivity contribution in [1.82, 2.24) is 0 Å². The van der Waals surface area contributed by atoms with Crippen LogP contribution in [0, 0.1) is 17.8 Å². The highest BCUT2D eigenvalue weighted by Gasteiger charge is 2.44. The Morgan fingerprint density at radius 3 is 2.46 bits per heavy atom. The number of ether oxygens (including phenoxy) is 1. The summed E-state index contributed by atoms with van der Waals surface area (Å²) in [5.74, 6) is 4.96. The van der Waals surface area contributed by atoms with E-state index in [0.717, 1.165) is 23.5 Å². The van der Waals surface area contributed by atoms with Crippen LogP contribution in [0.3, 0.4) is 0 Å². The van der Waals surface area contributed by atoms with Crippen LogP contribution in [0.25, 0.3) is 10.8 Å². The monoisotopic (exact) mass is 368 g/mol. The first-order chi connectivity index (χ1) is 12.8. The number of rotatable bonds is 3. The maximum absolute atomic E-state index is 12.8. The van der Waals surface area contributed by atoms with Crippen molar-refractivity contribution in [2.75, 3.05) is 11.5 Å². The Labute approximate surface area is 158 Å². The van der Waals surface area contributed by atoms with Gasteiger partial charge in [0, 0.05) is 5.39 Å². The van der Waals surface area contributed by atoms with Crippen molar-refractivity contribution < 1.29 is 9.53 Å². The first-order valence-electron chi connectivity index (χ1n) is 10.3. The number of carbonyl (C=O) groups is 1. The molecule has 0 N–H and O–H groups in total. The number of fused-ring (bicyclic) bond motifs is 3. The van der Waals surface area contributed by atoms with E-state index in [-0.39, 0.29) is 22.8 Å². The summed E-state index contributed by atoms with van der Waals surface area (Å²) in [5, 5.41) is 2.42. The van der Waals surface area contributed by atoms with Gasteiger partial charge in [-0.1, -0.05) is 37.1 Å². The molecule has 0 radical (unpaired) electrons. The van der Waals surface area contributed by atoms with E-state index < -0.39 is 0 Å². The van der Waals surface area contributed by atoms with Crippen molar-refractivity contribution >= 4 is 27.6 Å². The zero-order valence-corrected chi connectivity index (χ0v) is 16.2. The molecule has 2 aliphatic carbocycles. The lowest BCUT2D eigenvalue weighted by molar-refractivity contribution is -0.140. The highest BCUT2D eigenvalue weighted by Crippen LogP contribution is 2.49. The summed E-state index contributed by atoms with van der Waals surface area (Å²) in [6.45, 7) is 0. The van der Waals surface area contributed by atoms with Crippen molar-refractivity contribution in [3.05, 3.63) is 36.4 Å². The predicted octanol–water partition coefficient (Wildman–Crippen LogP) is 5.73. The van der Waals surface area contributed by atoms with E-state index in [2.05, 4.69) is 36.4 Å². The number of hydrogen-bond acceptors (Lipinski definition) is 2. The standard InChI is InChI=1S/C23H28O2S/c24-23(20-15-16-8-9-17(20)14-16)25-21-10-11-22(26-12-4-1-5-13-26)19-7-3-2-6-18(19)21/h2-3,6-7,10-11,16-17,20,26H,1,4-5,8-9,12-15H2. The SMILES string of the molecule is O=C(Oc1ccc([SH]2CCCCC2)c2ccccc12)C1CC2CCC1C2. The number of benzene rings is 2. The summed E-state index contributed by atoms with van der Waals surface area (Å²) in [6, 6.07) is 12.8. The van der Waals surface area contributed by atoms with Gasteiger partial charge in [-0.3, -0.25) is 4.79 Å². The van der Waals surface area contributed by atoms with Crippen LogP contribution in [0.4, 0.5) is 0 Å². The van der Waals surface area contributed by atoms with Crippen LogP contribution in [0.2, 0.25) is 0 Å². The molecule has 3 fully saturated rings. The molecular weight excluding hydrogens is 340 g/mol. The third kappa shape index (κ3) is 2.94. The highest BCUT2D eigenvalue weighted by atomic mass is 32.2. The molecule has 0 amide bonds. The fourth-order valence-electron chi connectivity index (χ4n) is 5.47. The molecule has 5 rings (SSSR count). The first kappa shape index (κ1) is 16.7. The van der Waals surface area contributed by atoms with Gasteiger partial charge in [0.1, 0.15) is 5.75 Å². The molecule has 2 bridgehead atoms. The number of carbonyl (C=O) groups excluding carboxylic acids is 1. The largest absolute Gasteiger partial charge is 0.426 e. The zero-order chi connectivity index (χ0) is 17.5. The van der Waals surface area contributed by atoms with Crippen LogP contribution >= 0.6 is 10.9 Å². The minimum absolute atomic E-state index is 0.0125. The second-order valence-corrected chi connectivity index (χ2v) is 10.8. The molecule has 26 heavy (non-hydrogen) atoms. The molecule has 2 aromatic rings. The van der Waals surface area contributed by atoms with Gasteiger partial charge in [0.25, 0.3) is 0 Å². The second kappa shape index (κ2) is 6.92. The third-order valence-electron chi connectivity index (χ3n) is 6.81. The van der Waals surface area contributed by atoms with Crippen molar-refractivity contribution in [2.24, 2.45) is 17.8 Å². The Balaban J connectivity index is 1.44. The molecule has 1 aliphatic heterocycles. The van der Waals surface area contributed by atoms with Crippen LogP contribution in [0.15, 0.2) is 41.3 Å². The van der Waals surface area contributed by atoms with Crippen LogP contribution < -0.4 is 4.74 Å². The Bertz CT molecular complexity index is 824. The Kier molecular flexibility index (Phi) is 4.44. The number of hydrogen-bond donors (Lipinski definition) is 1. The first-order valence-corrected chi connectivity index (χ1v) is 12.0. The Morgan fingerprint density at radius 1 is 0.923 bits per heavy atom. The van der Waals surface area contributed by atoms with Crippen molar-refractivity contribution in [3.63, 3.8) is 0 Å². The van der Waals surface area contributed by atoms with Gasteiger partial charge in [-0.2, -0.15) is 0 Å². The van der Waals surface area contributed by atoms with E-state index >= 15 is 0 Å². The fraction of sp³-hybridized carbons (Fsp3) is 0.522. The summed E-state index contributed by atoms with van der Waals surface area (Å²) in [4.78, 5) is 14.3. The van der Waals surface area contributed by atoms with Crippen LogP contribution in [0.1, 0.15) is 44.9 Å². The van der Waals surface area contributed by atoms with Gasteiger partial charge in [-0.05, 0) is 77.9 Å². The lowest BCUT2D eigenvalue weighted by Gasteiger charge is -2.28. The van der Waals surface area contributed by atoms with Crippen molar-refractivity contribution in [2.45, 2.75) is 49.8 Å². The van der Waals surface area contributed by atoms with Gasteiger partial charge in [-0.25, -0.2) is 10.9 Å².